The lowest BCUT2D eigenvalue weighted by Gasteiger charge is -2.41. The second kappa shape index (κ2) is 3.78. The second-order valence-corrected chi connectivity index (χ2v) is 6.40. The average Bonchev–Trinajstić information content (AvgIpc) is 3.15. The summed E-state index contributed by atoms with van der Waals surface area (Å²) in [4.78, 5) is 13.7. The molecule has 0 aromatic heterocycles. The lowest BCUT2D eigenvalue weighted by molar-refractivity contribution is -0.141. The molecule has 1 saturated heterocycles. The van der Waals surface area contributed by atoms with Crippen LogP contribution in [0.25, 0.3) is 0 Å². The lowest BCUT2D eigenvalue weighted by atomic mass is 9.87. The van der Waals surface area contributed by atoms with Crippen LogP contribution in [-0.4, -0.2) is 23.9 Å². The minimum absolute atomic E-state index is 0.0913. The van der Waals surface area contributed by atoms with Crippen molar-refractivity contribution in [3.8, 4) is 0 Å². The molecule has 0 radical (unpaired) electrons. The van der Waals surface area contributed by atoms with Gasteiger partial charge in [-0.15, -0.1) is 0 Å². The Morgan fingerprint density at radius 3 is 2.38 bits per heavy atom. The third-order valence-corrected chi connectivity index (χ3v) is 5.04. The number of halogens is 4. The van der Waals surface area contributed by atoms with Crippen LogP contribution in [0.4, 0.5) is 17.6 Å². The quantitative estimate of drug-likeness (QED) is 0.768. The van der Waals surface area contributed by atoms with Gasteiger partial charge in [0.25, 0.3) is 0 Å². The van der Waals surface area contributed by atoms with Gasteiger partial charge in [-0.05, 0) is 36.5 Å². The molecule has 1 heterocycles. The monoisotopic (exact) mass is 299 g/mol. The van der Waals surface area contributed by atoms with Crippen LogP contribution in [0.15, 0.2) is 18.2 Å². The number of carbonyl (C=O) groups is 1. The molecule has 21 heavy (non-hydrogen) atoms. The van der Waals surface area contributed by atoms with Crippen LogP contribution >= 0.6 is 0 Å². The highest BCUT2D eigenvalue weighted by Crippen LogP contribution is 2.76. The van der Waals surface area contributed by atoms with Crippen molar-refractivity contribution in [2.24, 2.45) is 11.3 Å². The molecule has 1 aliphatic heterocycles. The third kappa shape index (κ3) is 1.88. The molecule has 3 aliphatic rings. The van der Waals surface area contributed by atoms with Gasteiger partial charge in [-0.25, -0.2) is 4.39 Å². The number of fused-ring (bicyclic) bond motifs is 1. The van der Waals surface area contributed by atoms with Crippen molar-refractivity contribution in [1.29, 1.82) is 0 Å². The number of likely N-dealkylation sites (tertiary alicyclic amines) is 1. The second-order valence-electron chi connectivity index (χ2n) is 6.40. The van der Waals surface area contributed by atoms with Gasteiger partial charge < -0.3 is 4.90 Å². The molecule has 2 saturated carbocycles. The van der Waals surface area contributed by atoms with Crippen molar-refractivity contribution in [3.05, 3.63) is 35.1 Å². The van der Waals surface area contributed by atoms with Crippen molar-refractivity contribution in [2.45, 2.75) is 24.9 Å². The number of benzene rings is 1. The molecule has 1 amide bonds. The first-order valence-corrected chi connectivity index (χ1v) is 6.97. The van der Waals surface area contributed by atoms with E-state index < -0.39 is 17.6 Å². The summed E-state index contributed by atoms with van der Waals surface area (Å²) in [6, 6.07) is 2.78. The minimum Gasteiger partial charge on any atom is -0.341 e. The summed E-state index contributed by atoms with van der Waals surface area (Å²) < 4.78 is 52.0. The van der Waals surface area contributed by atoms with Crippen LogP contribution in [0.1, 0.15) is 29.9 Å². The number of carbonyl (C=O) groups excluding carboxylic acids is 1. The van der Waals surface area contributed by atoms with Gasteiger partial charge in [-0.2, -0.15) is 13.2 Å². The molecule has 6 heteroatoms. The maximum atomic E-state index is 13.1. The molecule has 0 spiro atoms. The fourth-order valence-corrected chi connectivity index (χ4v) is 3.34. The highest BCUT2D eigenvalue weighted by Gasteiger charge is 2.75. The largest absolute Gasteiger partial charge is 0.416 e. The number of hydrogen-bond donors (Lipinski definition) is 0. The summed E-state index contributed by atoms with van der Waals surface area (Å²) in [6.45, 7) is 0.615. The highest BCUT2D eigenvalue weighted by atomic mass is 19.4. The van der Waals surface area contributed by atoms with E-state index in [0.717, 1.165) is 18.9 Å². The van der Waals surface area contributed by atoms with Gasteiger partial charge in [0.05, 0.1) is 11.0 Å². The molecule has 2 aliphatic carbocycles. The van der Waals surface area contributed by atoms with Gasteiger partial charge >= 0.3 is 6.18 Å². The maximum absolute atomic E-state index is 13.1. The number of nitrogens with zero attached hydrogens (tertiary/aromatic N) is 1. The predicted molar refractivity (Wildman–Crippen MR) is 65.9 cm³/mol. The van der Waals surface area contributed by atoms with Crippen LogP contribution in [0.2, 0.25) is 0 Å². The standard InChI is InChI=1S/C15H13F4NO/c16-10-1-2-11(12(3-10)15(17,18)19)8-6-20(7-8)13(21)14-4-9(14)5-14/h1-3,8-9H,4-7H2. The average molecular weight is 299 g/mol. The van der Waals surface area contributed by atoms with Gasteiger partial charge in [-0.1, -0.05) is 6.07 Å². The Labute approximate surface area is 118 Å². The molecule has 0 bridgehead atoms. The summed E-state index contributed by atoms with van der Waals surface area (Å²) in [5.41, 5.74) is -0.970. The Balaban J connectivity index is 1.52. The van der Waals surface area contributed by atoms with Gasteiger partial charge in [-0.3, -0.25) is 4.79 Å². The van der Waals surface area contributed by atoms with E-state index in [0.29, 0.717) is 25.1 Å². The molecule has 0 N–H and O–H groups in total. The van der Waals surface area contributed by atoms with E-state index >= 15 is 0 Å². The fraction of sp³-hybridized carbons (Fsp3) is 0.533. The number of amides is 1. The topological polar surface area (TPSA) is 20.3 Å². The summed E-state index contributed by atoms with van der Waals surface area (Å²) >= 11 is 0. The summed E-state index contributed by atoms with van der Waals surface area (Å²) in [5, 5.41) is 0. The van der Waals surface area contributed by atoms with E-state index in [1.807, 2.05) is 0 Å². The lowest BCUT2D eigenvalue weighted by Crippen LogP contribution is -2.50. The predicted octanol–water partition coefficient (Wildman–Crippen LogP) is 3.18. The zero-order valence-electron chi connectivity index (χ0n) is 11.1. The third-order valence-electron chi connectivity index (χ3n) is 5.04. The molecular formula is C15H13F4NO. The van der Waals surface area contributed by atoms with E-state index in [2.05, 4.69) is 0 Å². The molecule has 1 aromatic carbocycles. The van der Waals surface area contributed by atoms with Gasteiger partial charge in [0.15, 0.2) is 0 Å². The molecule has 0 atom stereocenters. The van der Waals surface area contributed by atoms with E-state index in [1.165, 1.54) is 6.07 Å². The number of rotatable bonds is 2. The molecule has 3 fully saturated rings. The van der Waals surface area contributed by atoms with Gasteiger partial charge in [0.2, 0.25) is 5.91 Å². The Morgan fingerprint density at radius 2 is 1.86 bits per heavy atom. The van der Waals surface area contributed by atoms with Crippen LogP contribution < -0.4 is 0 Å². The van der Waals surface area contributed by atoms with Gasteiger partial charge in [0.1, 0.15) is 5.82 Å². The molecule has 2 nitrogen and oxygen atoms in total. The van der Waals surface area contributed by atoms with E-state index in [4.69, 9.17) is 0 Å². The smallest absolute Gasteiger partial charge is 0.341 e. The Kier molecular flexibility index (Phi) is 2.36. The van der Waals surface area contributed by atoms with Crippen LogP contribution in [0.5, 0.6) is 0 Å². The van der Waals surface area contributed by atoms with Crippen molar-refractivity contribution in [2.75, 3.05) is 13.1 Å². The number of hydrogen-bond acceptors (Lipinski definition) is 1. The van der Waals surface area contributed by atoms with Crippen LogP contribution in [0, 0.1) is 17.2 Å². The normalized spacial score (nSPS) is 30.7. The first-order chi connectivity index (χ1) is 9.81. The number of alkyl halides is 3. The molecule has 112 valence electrons. The Bertz CT molecular complexity index is 627. The van der Waals surface area contributed by atoms with E-state index in [1.54, 1.807) is 4.90 Å². The Morgan fingerprint density at radius 1 is 1.24 bits per heavy atom. The zero-order valence-corrected chi connectivity index (χ0v) is 11.1. The van der Waals surface area contributed by atoms with Crippen molar-refractivity contribution in [3.63, 3.8) is 0 Å². The summed E-state index contributed by atoms with van der Waals surface area (Å²) in [6.07, 6.45) is -2.69. The van der Waals surface area contributed by atoms with Crippen molar-refractivity contribution < 1.29 is 22.4 Å². The molecule has 1 aromatic rings. The maximum Gasteiger partial charge on any atom is 0.416 e. The zero-order chi connectivity index (χ0) is 15.0. The SMILES string of the molecule is O=C(N1CC(c2ccc(F)cc2C(F)(F)F)C1)C12CC1C2. The van der Waals surface area contributed by atoms with Crippen LogP contribution in [-0.2, 0) is 11.0 Å². The fourth-order valence-electron chi connectivity index (χ4n) is 3.34. The minimum atomic E-state index is -4.57. The summed E-state index contributed by atoms with van der Waals surface area (Å²) in [5.74, 6) is -0.616. The van der Waals surface area contributed by atoms with Crippen molar-refractivity contribution >= 4 is 5.91 Å². The van der Waals surface area contributed by atoms with E-state index in [9.17, 15) is 22.4 Å². The van der Waals surface area contributed by atoms with Gasteiger partial charge in [0, 0.05) is 19.0 Å². The van der Waals surface area contributed by atoms with Crippen LogP contribution in [0.3, 0.4) is 0 Å². The first-order valence-electron chi connectivity index (χ1n) is 6.97. The molecule has 0 unspecified atom stereocenters. The van der Waals surface area contributed by atoms with Crippen molar-refractivity contribution in [1.82, 2.24) is 4.90 Å². The molecule has 4 rings (SSSR count). The van der Waals surface area contributed by atoms with E-state index in [-0.39, 0.29) is 22.8 Å². The Hall–Kier alpha value is -1.59. The summed E-state index contributed by atoms with van der Waals surface area (Å²) in [7, 11) is 0. The highest BCUT2D eigenvalue weighted by molar-refractivity contribution is 5.90. The first kappa shape index (κ1) is 13.1. The molecular weight excluding hydrogens is 286 g/mol.